The van der Waals surface area contributed by atoms with Crippen LogP contribution in [-0.2, 0) is 33.7 Å². The molecule has 6 aromatic rings. The maximum atomic E-state index is 13.4. The molecular formula is C34H38N10O3. The number of amides is 2. The van der Waals surface area contributed by atoms with E-state index >= 15 is 0 Å². The lowest BCUT2D eigenvalue weighted by Crippen LogP contribution is -2.27. The third-order valence-electron chi connectivity index (χ3n) is 8.24. The zero-order valence-electron chi connectivity index (χ0n) is 27.3. The lowest BCUT2D eigenvalue weighted by Gasteiger charge is -2.08. The molecule has 1 unspecified atom stereocenters. The molecule has 0 fully saturated rings. The van der Waals surface area contributed by atoms with Crippen LogP contribution in [0, 0.1) is 13.8 Å². The molecule has 2 amide bonds. The van der Waals surface area contributed by atoms with Gasteiger partial charge in [-0.15, -0.1) is 0 Å². The summed E-state index contributed by atoms with van der Waals surface area (Å²) in [5.41, 5.74) is 7.34. The number of aliphatic hydroxyl groups excluding tert-OH is 1. The van der Waals surface area contributed by atoms with Crippen LogP contribution in [-0.4, -0.2) is 55.2 Å². The second-order valence-corrected chi connectivity index (χ2v) is 11.5. The van der Waals surface area contributed by atoms with Gasteiger partial charge in [-0.3, -0.25) is 19.4 Å². The first-order chi connectivity index (χ1) is 22.6. The predicted molar refractivity (Wildman–Crippen MR) is 177 cm³/mol. The molecule has 0 radical (unpaired) electrons. The number of aliphatic hydroxyl groups is 1. The van der Waals surface area contributed by atoms with Gasteiger partial charge in [0.05, 0.1) is 39.6 Å². The van der Waals surface area contributed by atoms with Crippen molar-refractivity contribution in [3.63, 3.8) is 0 Å². The van der Waals surface area contributed by atoms with Gasteiger partial charge < -0.3 is 23.4 Å². The number of imidazole rings is 2. The second-order valence-electron chi connectivity index (χ2n) is 11.5. The third-order valence-corrected chi connectivity index (χ3v) is 8.24. The second kappa shape index (κ2) is 12.7. The molecule has 4 aromatic heterocycles. The molecule has 0 saturated carbocycles. The fraction of sp³-hybridized carbons (Fsp3) is 0.294. The number of carbonyl (C=O) groups is 2. The number of hydrogen-bond donors (Lipinski definition) is 2. The van der Waals surface area contributed by atoms with Crippen LogP contribution in [0.15, 0.2) is 76.7 Å². The van der Waals surface area contributed by atoms with Gasteiger partial charge in [0.1, 0.15) is 11.4 Å². The number of nitrogens with zero attached hydrogens (tertiary/aromatic N) is 9. The lowest BCUT2D eigenvalue weighted by molar-refractivity contribution is 0.0980. The number of carbonyl (C=O) groups excluding carboxylic acids is 2. The summed E-state index contributed by atoms with van der Waals surface area (Å²) in [6.07, 6.45) is 3.28. The molecule has 6 rings (SSSR count). The van der Waals surface area contributed by atoms with Crippen molar-refractivity contribution in [2.45, 2.75) is 53.4 Å². The van der Waals surface area contributed by atoms with Crippen molar-refractivity contribution in [2.75, 3.05) is 0 Å². The van der Waals surface area contributed by atoms with Crippen molar-refractivity contribution in [1.82, 2.24) is 38.2 Å². The van der Waals surface area contributed by atoms with Crippen LogP contribution in [0.4, 0.5) is 0 Å². The molecule has 0 aliphatic carbocycles. The summed E-state index contributed by atoms with van der Waals surface area (Å²) in [7, 11) is 3.73. The quantitative estimate of drug-likeness (QED) is 0.246. The molecule has 0 spiro atoms. The Morgan fingerprint density at radius 3 is 2.17 bits per heavy atom. The number of rotatable bonds is 8. The summed E-state index contributed by atoms with van der Waals surface area (Å²) in [6, 6.07) is 17.0. The summed E-state index contributed by atoms with van der Waals surface area (Å²) in [6.45, 7) is 8.70. The normalized spacial score (nSPS) is 13.5. The fourth-order valence-electron chi connectivity index (χ4n) is 6.01. The number of benzene rings is 2. The summed E-state index contributed by atoms with van der Waals surface area (Å²) in [4.78, 5) is 35.6. The van der Waals surface area contributed by atoms with E-state index in [9.17, 15) is 14.7 Å². The number of fused-ring (bicyclic) bond motifs is 2. The summed E-state index contributed by atoms with van der Waals surface area (Å²) in [5.74, 6) is -0.811. The van der Waals surface area contributed by atoms with E-state index in [0.29, 0.717) is 48.0 Å². The Morgan fingerprint density at radius 1 is 0.872 bits per heavy atom. The van der Waals surface area contributed by atoms with Gasteiger partial charge in [-0.1, -0.05) is 36.4 Å². The van der Waals surface area contributed by atoms with Crippen molar-refractivity contribution < 1.29 is 14.7 Å². The zero-order chi connectivity index (χ0) is 33.4. The number of H-pyrrole nitrogens is 1. The standard InChI is InChI=1S/C34H38N10O3/c1-7-44-29(20-22(3)39-44)32(47)36-33-40(5)26-14-8-9-15-27(26)42(33)17-10-11-18-43-28-16-12-13-24(23(4)45)30(28)41(6)34(43)35-31(46)25-19-21(2)37-38-25/h8-16,19-20,23,45H,7,17-18H2,1-6H3,(H,37,38)/b11-10+,35-34+,36-33+. The van der Waals surface area contributed by atoms with Crippen molar-refractivity contribution in [3.05, 3.63) is 106 Å². The Balaban J connectivity index is 1.40. The molecule has 13 heteroatoms. The van der Waals surface area contributed by atoms with Gasteiger partial charge >= 0.3 is 0 Å². The first-order valence-corrected chi connectivity index (χ1v) is 15.5. The van der Waals surface area contributed by atoms with E-state index in [2.05, 4.69) is 25.3 Å². The zero-order valence-corrected chi connectivity index (χ0v) is 27.3. The summed E-state index contributed by atoms with van der Waals surface area (Å²) < 4.78 is 9.35. The van der Waals surface area contributed by atoms with Crippen LogP contribution in [0.5, 0.6) is 0 Å². The first kappa shape index (κ1) is 31.4. The summed E-state index contributed by atoms with van der Waals surface area (Å²) in [5, 5.41) is 21.8. The lowest BCUT2D eigenvalue weighted by atomic mass is 10.1. The minimum absolute atomic E-state index is 0.293. The molecule has 4 heterocycles. The van der Waals surface area contributed by atoms with Gasteiger partial charge in [0.15, 0.2) is 0 Å². The van der Waals surface area contributed by atoms with E-state index in [-0.39, 0.29) is 5.91 Å². The van der Waals surface area contributed by atoms with Gasteiger partial charge in [0, 0.05) is 39.3 Å². The summed E-state index contributed by atoms with van der Waals surface area (Å²) >= 11 is 0. The van der Waals surface area contributed by atoms with Crippen molar-refractivity contribution in [3.8, 4) is 0 Å². The van der Waals surface area contributed by atoms with Crippen LogP contribution < -0.4 is 11.2 Å². The largest absolute Gasteiger partial charge is 0.389 e. The van der Waals surface area contributed by atoms with E-state index in [4.69, 9.17) is 0 Å². The molecule has 2 aromatic carbocycles. The highest BCUT2D eigenvalue weighted by atomic mass is 16.3. The van der Waals surface area contributed by atoms with Crippen LogP contribution in [0.2, 0.25) is 0 Å². The number of hydrogen-bond acceptors (Lipinski definition) is 5. The van der Waals surface area contributed by atoms with Gasteiger partial charge in [-0.25, -0.2) is 0 Å². The highest BCUT2D eigenvalue weighted by Gasteiger charge is 2.18. The molecule has 0 bridgehead atoms. The molecule has 2 N–H and O–H groups in total. The molecule has 242 valence electrons. The van der Waals surface area contributed by atoms with Gasteiger partial charge in [0.2, 0.25) is 11.2 Å². The maximum absolute atomic E-state index is 13.4. The number of aryl methyl sites for hydroxylation is 5. The predicted octanol–water partition coefficient (Wildman–Crippen LogP) is 3.62. The fourth-order valence-corrected chi connectivity index (χ4v) is 6.01. The minimum atomic E-state index is -0.720. The number of nitrogens with one attached hydrogen (secondary N) is 1. The Bertz CT molecular complexity index is 2320. The topological polar surface area (TPSA) is 145 Å². The van der Waals surface area contributed by atoms with Gasteiger partial charge in [0.25, 0.3) is 11.8 Å². The van der Waals surface area contributed by atoms with Gasteiger partial charge in [-0.2, -0.15) is 20.2 Å². The minimum Gasteiger partial charge on any atom is -0.389 e. The monoisotopic (exact) mass is 634 g/mol. The van der Waals surface area contributed by atoms with Crippen LogP contribution in [0.1, 0.15) is 57.9 Å². The van der Waals surface area contributed by atoms with E-state index in [1.54, 1.807) is 30.7 Å². The van der Waals surface area contributed by atoms with E-state index in [1.807, 2.05) is 101 Å². The number of para-hydroxylation sites is 3. The Kier molecular flexibility index (Phi) is 8.48. The van der Waals surface area contributed by atoms with Gasteiger partial charge in [-0.05, 0) is 58.0 Å². The van der Waals surface area contributed by atoms with Crippen molar-refractivity contribution >= 4 is 33.9 Å². The molecule has 1 atom stereocenters. The third kappa shape index (κ3) is 5.81. The van der Waals surface area contributed by atoms with E-state index < -0.39 is 12.0 Å². The number of allylic oxidation sites excluding steroid dienone is 2. The Morgan fingerprint density at radius 2 is 1.51 bits per heavy atom. The van der Waals surface area contributed by atoms with Crippen LogP contribution >= 0.6 is 0 Å². The maximum Gasteiger partial charge on any atom is 0.298 e. The van der Waals surface area contributed by atoms with Crippen LogP contribution in [0.3, 0.4) is 0 Å². The highest BCUT2D eigenvalue weighted by molar-refractivity contribution is 5.94. The number of aromatic nitrogens is 8. The molecule has 13 nitrogen and oxygen atoms in total. The average Bonchev–Trinajstić information content (AvgIpc) is 3.80. The first-order valence-electron chi connectivity index (χ1n) is 15.5. The molecule has 47 heavy (non-hydrogen) atoms. The van der Waals surface area contributed by atoms with Crippen LogP contribution in [0.25, 0.3) is 22.1 Å². The molecule has 0 aliphatic rings. The molecule has 0 saturated heterocycles. The average molecular weight is 635 g/mol. The van der Waals surface area contributed by atoms with Crippen molar-refractivity contribution in [2.24, 2.45) is 24.1 Å². The van der Waals surface area contributed by atoms with Crippen molar-refractivity contribution in [1.29, 1.82) is 0 Å². The molecule has 0 aliphatic heterocycles. The number of aromatic amines is 1. The smallest absolute Gasteiger partial charge is 0.298 e. The van der Waals surface area contributed by atoms with E-state index in [1.165, 1.54) is 0 Å². The Hall–Kier alpha value is -5.56. The van der Waals surface area contributed by atoms with E-state index in [0.717, 1.165) is 33.3 Å². The SMILES string of the molecule is CCn1nc(C)cc1C(=O)/N=c1\n(C)c2ccccc2n1C/C=C/Cn1/c(=N/C(=O)c2cc(C)n[nH]2)n(C)c2c(C(C)O)cccc21. The highest BCUT2D eigenvalue weighted by Crippen LogP contribution is 2.23. The Labute approximate surface area is 270 Å². The molecular weight excluding hydrogens is 596 g/mol.